The molecule has 8 atom stereocenters. The van der Waals surface area contributed by atoms with Crippen LogP contribution in [0.3, 0.4) is 0 Å². The molecule has 8 amide bonds. The lowest BCUT2D eigenvalue weighted by atomic mass is 10.00. The highest BCUT2D eigenvalue weighted by Gasteiger charge is 2.39. The number of hydrogen-bond acceptors (Lipinski definition) is 12. The summed E-state index contributed by atoms with van der Waals surface area (Å²) < 4.78 is 0. The van der Waals surface area contributed by atoms with Gasteiger partial charge in [-0.2, -0.15) is 0 Å². The molecule has 0 unspecified atom stereocenters. The van der Waals surface area contributed by atoms with Gasteiger partial charge in [-0.25, -0.2) is 0 Å². The van der Waals surface area contributed by atoms with E-state index in [4.69, 9.17) is 5.11 Å². The zero-order valence-electron chi connectivity index (χ0n) is 36.0. The molecule has 0 spiro atoms. The quantitative estimate of drug-likeness (QED) is 0.0470. The van der Waals surface area contributed by atoms with E-state index in [1.807, 2.05) is 0 Å². The Morgan fingerprint density at radius 2 is 1.17 bits per heavy atom. The van der Waals surface area contributed by atoms with Crippen molar-refractivity contribution in [3.05, 3.63) is 71.8 Å². The third kappa shape index (κ3) is 16.0. The van der Waals surface area contributed by atoms with Gasteiger partial charge in [-0.1, -0.05) is 74.5 Å². The van der Waals surface area contributed by atoms with Crippen molar-refractivity contribution in [3.63, 3.8) is 0 Å². The number of benzene rings is 2. The molecule has 14 N–H and O–H groups in total. The molecule has 3 rings (SSSR count). The van der Waals surface area contributed by atoms with Crippen molar-refractivity contribution in [1.29, 1.82) is 0 Å². The summed E-state index contributed by atoms with van der Waals surface area (Å²) in [6, 6.07) is 7.84. The maximum Gasteiger partial charge on any atom is 0.322 e. The van der Waals surface area contributed by atoms with Crippen LogP contribution in [-0.4, -0.2) is 160 Å². The number of amides is 8. The Bertz CT molecular complexity index is 1940. The first-order valence-electron chi connectivity index (χ1n) is 20.8. The highest BCUT2D eigenvalue weighted by molar-refractivity contribution is 5.97. The topological polar surface area (TPSA) is 350 Å². The van der Waals surface area contributed by atoms with E-state index in [0.717, 1.165) is 0 Å². The number of carbonyl (C=O) groups excluding carboxylic acids is 8. The highest BCUT2D eigenvalue weighted by atomic mass is 16.4. The minimum absolute atomic E-state index is 0.0668. The second-order valence-electron chi connectivity index (χ2n) is 15.7. The molecule has 1 fully saturated rings. The number of aliphatic hydroxyl groups is 3. The number of nitrogens with zero attached hydrogens (tertiary/aromatic N) is 1. The summed E-state index contributed by atoms with van der Waals surface area (Å²) in [7, 11) is 0. The molecule has 1 saturated heterocycles. The fraction of sp³-hybridized carbons (Fsp3) is 0.500. The van der Waals surface area contributed by atoms with Crippen molar-refractivity contribution in [2.75, 3.05) is 32.8 Å². The zero-order chi connectivity index (χ0) is 47.5. The molecule has 64 heavy (non-hydrogen) atoms. The number of hydrogen-bond donors (Lipinski definition) is 12. The van der Waals surface area contributed by atoms with Gasteiger partial charge in [0, 0.05) is 19.4 Å². The molecule has 0 saturated carbocycles. The van der Waals surface area contributed by atoms with Crippen molar-refractivity contribution >= 4 is 53.2 Å². The number of aliphatic carboxylic acids is 1. The summed E-state index contributed by atoms with van der Waals surface area (Å²) in [6.45, 7) is 1.85. The predicted molar refractivity (Wildman–Crippen MR) is 226 cm³/mol. The summed E-state index contributed by atoms with van der Waals surface area (Å²) >= 11 is 0. The summed E-state index contributed by atoms with van der Waals surface area (Å²) in [5, 5.41) is 55.9. The number of rotatable bonds is 24. The molecule has 2 aromatic carbocycles. The average molecular weight is 899 g/mol. The van der Waals surface area contributed by atoms with E-state index in [2.05, 4.69) is 43.0 Å². The van der Waals surface area contributed by atoms with Crippen LogP contribution in [0.5, 0.6) is 0 Å². The van der Waals surface area contributed by atoms with Crippen LogP contribution in [0, 0.1) is 5.92 Å². The number of carbonyl (C=O) groups is 9. The van der Waals surface area contributed by atoms with Crippen LogP contribution < -0.4 is 43.0 Å². The van der Waals surface area contributed by atoms with Crippen LogP contribution in [-0.2, 0) is 56.0 Å². The fourth-order valence-corrected chi connectivity index (χ4v) is 6.71. The third-order valence-corrected chi connectivity index (χ3v) is 10.2. The van der Waals surface area contributed by atoms with Crippen LogP contribution in [0.1, 0.15) is 44.7 Å². The van der Waals surface area contributed by atoms with Crippen molar-refractivity contribution in [2.45, 2.75) is 94.9 Å². The van der Waals surface area contributed by atoms with Gasteiger partial charge in [-0.05, 0) is 36.8 Å². The number of likely N-dealkylation sites (tertiary alicyclic amines) is 1. The fourth-order valence-electron chi connectivity index (χ4n) is 6.71. The van der Waals surface area contributed by atoms with Crippen molar-refractivity contribution < 1.29 is 69.3 Å². The highest BCUT2D eigenvalue weighted by Crippen LogP contribution is 2.18. The van der Waals surface area contributed by atoms with Crippen LogP contribution >= 0.6 is 0 Å². The van der Waals surface area contributed by atoms with E-state index in [0.29, 0.717) is 17.5 Å². The SMILES string of the molecule is CC(C)[C@H](NC(=O)CNC(=O)[C@H](CO)NC(=O)[C@@H]1CCCN1C(=O)[C@@H]([NH3+])CO)C(=O)N[C@@H](Cc1ccccc1)C(=O)N[C@H](C(=O)N[C@@H](Cc1ccccc1)C(=O)NCC(=O)O)[C@@H](C)O. The Morgan fingerprint density at radius 3 is 1.67 bits per heavy atom. The van der Waals surface area contributed by atoms with E-state index >= 15 is 0 Å². The van der Waals surface area contributed by atoms with E-state index in [1.54, 1.807) is 74.5 Å². The molecule has 0 radical (unpaired) electrons. The van der Waals surface area contributed by atoms with Crippen LogP contribution in [0.2, 0.25) is 0 Å². The number of carboxylic acid groups (broad SMARTS) is 1. The van der Waals surface area contributed by atoms with E-state index < -0.39 is 134 Å². The average Bonchev–Trinajstić information content (AvgIpc) is 3.77. The third-order valence-electron chi connectivity index (χ3n) is 10.2. The summed E-state index contributed by atoms with van der Waals surface area (Å²) in [6.07, 6.45) is -0.964. The molecule has 22 nitrogen and oxygen atoms in total. The molecule has 0 aromatic heterocycles. The lowest BCUT2D eigenvalue weighted by Crippen LogP contribution is -2.70. The van der Waals surface area contributed by atoms with Gasteiger partial charge in [-0.15, -0.1) is 0 Å². The molecule has 22 heteroatoms. The van der Waals surface area contributed by atoms with Gasteiger partial charge in [0.1, 0.15) is 49.4 Å². The Morgan fingerprint density at radius 1 is 0.656 bits per heavy atom. The van der Waals surface area contributed by atoms with Crippen LogP contribution in [0.25, 0.3) is 0 Å². The second kappa shape index (κ2) is 25.6. The number of carboxylic acids is 1. The number of quaternary nitrogens is 1. The van der Waals surface area contributed by atoms with Gasteiger partial charge in [0.15, 0.2) is 6.04 Å². The molecule has 0 bridgehead atoms. The zero-order valence-corrected chi connectivity index (χ0v) is 36.0. The largest absolute Gasteiger partial charge is 0.480 e. The lowest BCUT2D eigenvalue weighted by molar-refractivity contribution is -0.411. The van der Waals surface area contributed by atoms with E-state index in [-0.39, 0.29) is 25.8 Å². The standard InChI is InChI=1S/C42H59N9O13/c1-23(2)34(49-32(55)19-44-37(59)30(22-53)48-39(61)31-15-10-16-51(31)42(64)27(43)21-52)40(62)47-29(18-26-13-8-5-9-14-26)38(60)50-35(24(3)54)41(63)46-28(36(58)45-20-33(56)57)17-25-11-6-4-7-12-25/h4-9,11-14,23-24,27-31,34-35,52-54H,10,15-22,43H2,1-3H3,(H,44,59)(H,45,58)(H,46,63)(H,47,62)(H,48,61)(H,49,55)(H,50,60)(H,56,57)/p+1/t24-,27+,28+,29+,30+,31+,34+,35+/m1/s1. The first kappa shape index (κ1) is 51.9. The number of nitrogens with one attached hydrogen (secondary N) is 7. The number of aliphatic hydroxyl groups excluding tert-OH is 3. The molecule has 1 heterocycles. The van der Waals surface area contributed by atoms with Gasteiger partial charge in [0.25, 0.3) is 5.91 Å². The summed E-state index contributed by atoms with van der Waals surface area (Å²) in [4.78, 5) is 118. The van der Waals surface area contributed by atoms with Crippen molar-refractivity contribution in [1.82, 2.24) is 42.1 Å². The smallest absolute Gasteiger partial charge is 0.322 e. The normalized spacial score (nSPS) is 16.7. The first-order chi connectivity index (χ1) is 30.4. The summed E-state index contributed by atoms with van der Waals surface area (Å²) in [5.74, 6) is -8.55. The molecular formula is C42H60N9O13+. The molecule has 350 valence electrons. The van der Waals surface area contributed by atoms with Crippen LogP contribution in [0.4, 0.5) is 0 Å². The van der Waals surface area contributed by atoms with Crippen LogP contribution in [0.15, 0.2) is 60.7 Å². The van der Waals surface area contributed by atoms with Crippen molar-refractivity contribution in [2.24, 2.45) is 5.92 Å². The van der Waals surface area contributed by atoms with E-state index in [9.17, 15) is 58.5 Å². The molecule has 1 aliphatic heterocycles. The Hall–Kier alpha value is -6.49. The molecule has 2 aromatic rings. The minimum atomic E-state index is -1.67. The lowest BCUT2D eigenvalue weighted by Gasteiger charge is -2.28. The summed E-state index contributed by atoms with van der Waals surface area (Å²) in [5.41, 5.74) is 4.77. The van der Waals surface area contributed by atoms with Gasteiger partial charge < -0.3 is 68.3 Å². The second-order valence-corrected chi connectivity index (χ2v) is 15.7. The van der Waals surface area contributed by atoms with Gasteiger partial charge in [-0.3, -0.25) is 43.2 Å². The minimum Gasteiger partial charge on any atom is -0.480 e. The molecule has 1 aliphatic rings. The molecule has 0 aliphatic carbocycles. The Balaban J connectivity index is 1.71. The Kier molecular flexibility index (Phi) is 20.7. The van der Waals surface area contributed by atoms with Gasteiger partial charge in [0.2, 0.25) is 41.4 Å². The van der Waals surface area contributed by atoms with Crippen molar-refractivity contribution in [3.8, 4) is 0 Å². The first-order valence-corrected chi connectivity index (χ1v) is 20.8. The molecular weight excluding hydrogens is 839 g/mol. The van der Waals surface area contributed by atoms with Gasteiger partial charge >= 0.3 is 5.97 Å². The predicted octanol–water partition coefficient (Wildman–Crippen LogP) is -5.16. The maximum absolute atomic E-state index is 14.0. The monoisotopic (exact) mass is 898 g/mol. The Labute approximate surface area is 369 Å². The van der Waals surface area contributed by atoms with Gasteiger partial charge in [0.05, 0.1) is 19.3 Å². The maximum atomic E-state index is 14.0. The van der Waals surface area contributed by atoms with E-state index in [1.165, 1.54) is 11.8 Å².